The summed E-state index contributed by atoms with van der Waals surface area (Å²) in [6.07, 6.45) is -2.65. The van der Waals surface area contributed by atoms with Crippen LogP contribution in [0.25, 0.3) is 5.82 Å². The van der Waals surface area contributed by atoms with Crippen LogP contribution in [0.3, 0.4) is 0 Å². The number of aromatic nitrogens is 3. The summed E-state index contributed by atoms with van der Waals surface area (Å²) >= 11 is 6.01. The molecule has 0 aromatic carbocycles. The van der Waals surface area contributed by atoms with E-state index in [9.17, 15) is 22.8 Å². The SMILES string of the molecule is CC(C)(C)c1cc(NC(=O)c2cc(=O)ccn2-c2[nH+]cc(C(F)(F)F)cc2Cl)no1. The Morgan fingerprint density at radius 1 is 1.23 bits per heavy atom. The van der Waals surface area contributed by atoms with Gasteiger partial charge in [0.2, 0.25) is 5.69 Å². The Hall–Kier alpha value is -3.14. The summed E-state index contributed by atoms with van der Waals surface area (Å²) in [6, 6.07) is 4.44. The predicted molar refractivity (Wildman–Crippen MR) is 102 cm³/mol. The highest BCUT2D eigenvalue weighted by molar-refractivity contribution is 6.32. The number of nitrogens with one attached hydrogen (secondary N) is 2. The zero-order valence-electron chi connectivity index (χ0n) is 16.1. The number of hydrogen-bond acceptors (Lipinski definition) is 4. The van der Waals surface area contributed by atoms with E-state index in [-0.39, 0.29) is 27.8 Å². The molecule has 0 radical (unpaired) electrons. The van der Waals surface area contributed by atoms with Crippen molar-refractivity contribution >= 4 is 23.3 Å². The molecule has 0 bridgehead atoms. The monoisotopic (exact) mass is 441 g/mol. The normalized spacial score (nSPS) is 12.1. The summed E-state index contributed by atoms with van der Waals surface area (Å²) in [4.78, 5) is 27.0. The van der Waals surface area contributed by atoms with Gasteiger partial charge in [0.15, 0.2) is 11.2 Å². The van der Waals surface area contributed by atoms with E-state index in [1.807, 2.05) is 20.8 Å². The number of hydrogen-bond donors (Lipinski definition) is 1. The first-order chi connectivity index (χ1) is 13.9. The first-order valence-corrected chi connectivity index (χ1v) is 9.04. The smallest absolute Gasteiger partial charge is 0.359 e. The number of carbonyl (C=O) groups is 1. The van der Waals surface area contributed by atoms with Crippen LogP contribution in [-0.2, 0) is 11.6 Å². The molecule has 2 N–H and O–H groups in total. The minimum Gasteiger partial charge on any atom is -0.359 e. The lowest BCUT2D eigenvalue weighted by molar-refractivity contribution is -0.376. The van der Waals surface area contributed by atoms with Gasteiger partial charge in [0.05, 0.1) is 5.56 Å². The molecule has 0 saturated carbocycles. The van der Waals surface area contributed by atoms with E-state index in [0.717, 1.165) is 18.2 Å². The van der Waals surface area contributed by atoms with E-state index < -0.39 is 23.1 Å². The standard InChI is InChI=1S/C19H16ClF3N4O3/c1-18(2,3)14-8-15(26-30-14)25-17(29)13-7-11(28)4-5-27(13)16-12(20)6-10(9-24-16)19(21,22)23/h4-9H,1-3H3,(H,25,26,29)/p+1. The fraction of sp³-hybridized carbons (Fsp3) is 0.263. The van der Waals surface area contributed by atoms with Crippen LogP contribution < -0.4 is 15.7 Å². The third kappa shape index (κ3) is 4.54. The summed E-state index contributed by atoms with van der Waals surface area (Å²) in [6.45, 7) is 5.70. The maximum absolute atomic E-state index is 12.9. The highest BCUT2D eigenvalue weighted by atomic mass is 35.5. The minimum atomic E-state index is -4.60. The van der Waals surface area contributed by atoms with Crippen molar-refractivity contribution in [3.05, 3.63) is 68.9 Å². The topological polar surface area (TPSA) is 91.3 Å². The quantitative estimate of drug-likeness (QED) is 0.668. The second kappa shape index (κ2) is 7.60. The molecule has 0 fully saturated rings. The van der Waals surface area contributed by atoms with Crippen molar-refractivity contribution in [2.45, 2.75) is 32.4 Å². The summed E-state index contributed by atoms with van der Waals surface area (Å²) in [5.74, 6) is -0.103. The molecule has 11 heteroatoms. The average Bonchev–Trinajstić information content (AvgIpc) is 3.10. The van der Waals surface area contributed by atoms with Gasteiger partial charge < -0.3 is 9.84 Å². The molecule has 0 aliphatic rings. The highest BCUT2D eigenvalue weighted by Gasteiger charge is 2.33. The van der Waals surface area contributed by atoms with Crippen LogP contribution >= 0.6 is 11.6 Å². The van der Waals surface area contributed by atoms with Crippen molar-refractivity contribution in [3.8, 4) is 5.82 Å². The maximum Gasteiger partial charge on any atom is 0.419 e. The van der Waals surface area contributed by atoms with Crippen LogP contribution in [0.15, 0.2) is 46.0 Å². The number of carbonyl (C=O) groups excluding carboxylic acids is 1. The molecular formula is C19H17ClF3N4O3+. The average molecular weight is 442 g/mol. The molecule has 30 heavy (non-hydrogen) atoms. The van der Waals surface area contributed by atoms with Crippen LogP contribution in [0, 0.1) is 0 Å². The van der Waals surface area contributed by atoms with Crippen LogP contribution in [-0.4, -0.2) is 15.6 Å². The van der Waals surface area contributed by atoms with Crippen molar-refractivity contribution in [1.82, 2.24) is 9.72 Å². The molecule has 1 amide bonds. The van der Waals surface area contributed by atoms with E-state index in [4.69, 9.17) is 16.1 Å². The number of rotatable bonds is 3. The number of amides is 1. The van der Waals surface area contributed by atoms with Gasteiger partial charge >= 0.3 is 12.0 Å². The Balaban J connectivity index is 1.99. The zero-order valence-corrected chi connectivity index (χ0v) is 16.9. The van der Waals surface area contributed by atoms with Crippen LogP contribution in [0.5, 0.6) is 0 Å². The molecule has 0 unspecified atom stereocenters. The lowest BCUT2D eigenvalue weighted by Crippen LogP contribution is -2.26. The van der Waals surface area contributed by atoms with E-state index in [1.54, 1.807) is 6.07 Å². The van der Waals surface area contributed by atoms with Gasteiger partial charge in [-0.1, -0.05) is 37.5 Å². The largest absolute Gasteiger partial charge is 0.419 e. The molecule has 3 rings (SSSR count). The Bertz CT molecular complexity index is 1160. The molecule has 3 aromatic rings. The summed E-state index contributed by atoms with van der Waals surface area (Å²) in [5.41, 5.74) is -1.97. The van der Waals surface area contributed by atoms with Gasteiger partial charge in [-0.05, 0) is 6.07 Å². The van der Waals surface area contributed by atoms with Gasteiger partial charge in [-0.3, -0.25) is 9.59 Å². The molecular weight excluding hydrogens is 425 g/mol. The number of halogens is 4. The number of aromatic amines is 1. The maximum atomic E-state index is 12.9. The Kier molecular flexibility index (Phi) is 5.46. The molecule has 0 aliphatic carbocycles. The van der Waals surface area contributed by atoms with E-state index in [1.165, 1.54) is 10.8 Å². The van der Waals surface area contributed by atoms with Gasteiger partial charge in [0.25, 0.3) is 5.91 Å². The van der Waals surface area contributed by atoms with E-state index >= 15 is 0 Å². The van der Waals surface area contributed by atoms with Crippen LogP contribution in [0.1, 0.15) is 42.6 Å². The first kappa shape index (κ1) is 21.6. The first-order valence-electron chi connectivity index (χ1n) is 8.66. The van der Waals surface area contributed by atoms with Crippen molar-refractivity contribution in [3.63, 3.8) is 0 Å². The van der Waals surface area contributed by atoms with Crippen molar-refractivity contribution in [2.75, 3.05) is 5.32 Å². The second-order valence-corrected chi connectivity index (χ2v) is 7.89. The number of pyridine rings is 2. The minimum absolute atomic E-state index is 0.0228. The third-order valence-corrected chi connectivity index (χ3v) is 4.38. The summed E-state index contributed by atoms with van der Waals surface area (Å²) in [7, 11) is 0. The Morgan fingerprint density at radius 2 is 1.93 bits per heavy atom. The number of nitrogens with zero attached hydrogens (tertiary/aromatic N) is 2. The molecule has 7 nitrogen and oxygen atoms in total. The van der Waals surface area contributed by atoms with Gasteiger partial charge in [-0.25, -0.2) is 4.98 Å². The van der Waals surface area contributed by atoms with E-state index in [2.05, 4.69) is 15.5 Å². The lowest BCUT2D eigenvalue weighted by atomic mass is 9.93. The highest BCUT2D eigenvalue weighted by Crippen LogP contribution is 2.31. The molecule has 0 aliphatic heterocycles. The summed E-state index contributed by atoms with van der Waals surface area (Å²) in [5, 5.41) is 5.99. The van der Waals surface area contributed by atoms with Gasteiger partial charge in [-0.15, -0.1) is 0 Å². The number of anilines is 1. The van der Waals surface area contributed by atoms with Gasteiger partial charge in [0.1, 0.15) is 23.2 Å². The van der Waals surface area contributed by atoms with Crippen LogP contribution in [0.2, 0.25) is 5.02 Å². The Morgan fingerprint density at radius 3 is 2.50 bits per heavy atom. The van der Waals surface area contributed by atoms with Crippen LogP contribution in [0.4, 0.5) is 19.0 Å². The molecule has 3 heterocycles. The van der Waals surface area contributed by atoms with Crippen molar-refractivity contribution in [1.29, 1.82) is 0 Å². The lowest BCUT2D eigenvalue weighted by Gasteiger charge is -2.12. The molecule has 0 atom stereocenters. The molecule has 0 saturated heterocycles. The number of alkyl halides is 3. The molecule has 3 aromatic heterocycles. The summed E-state index contributed by atoms with van der Waals surface area (Å²) < 4.78 is 45.0. The Labute approximate surface area is 173 Å². The van der Waals surface area contributed by atoms with Crippen molar-refractivity contribution < 1.29 is 27.5 Å². The third-order valence-electron chi connectivity index (χ3n) is 4.09. The molecule has 0 spiro atoms. The van der Waals surface area contributed by atoms with Gasteiger partial charge in [-0.2, -0.15) is 17.7 Å². The van der Waals surface area contributed by atoms with E-state index in [0.29, 0.717) is 12.0 Å². The van der Waals surface area contributed by atoms with Gasteiger partial charge in [0, 0.05) is 23.6 Å². The number of H-pyrrole nitrogens is 1. The second-order valence-electron chi connectivity index (χ2n) is 7.48. The predicted octanol–water partition coefficient (Wildman–Crippen LogP) is 3.86. The molecule has 158 valence electrons. The fourth-order valence-corrected chi connectivity index (χ4v) is 2.79. The fourth-order valence-electron chi connectivity index (χ4n) is 2.53. The zero-order chi connectivity index (χ0) is 22.3. The van der Waals surface area contributed by atoms with Crippen molar-refractivity contribution in [2.24, 2.45) is 0 Å².